The predicted octanol–water partition coefficient (Wildman–Crippen LogP) is 4.06. The van der Waals surface area contributed by atoms with Crippen molar-refractivity contribution in [1.29, 1.82) is 0 Å². The fourth-order valence-corrected chi connectivity index (χ4v) is 2.53. The van der Waals surface area contributed by atoms with Crippen LogP contribution in [0.3, 0.4) is 0 Å². The van der Waals surface area contributed by atoms with E-state index in [1.165, 1.54) is 0 Å². The van der Waals surface area contributed by atoms with Gasteiger partial charge in [-0.15, -0.1) is 0 Å². The zero-order valence-electron chi connectivity index (χ0n) is 12.6. The van der Waals surface area contributed by atoms with Crippen LogP contribution < -0.4 is 0 Å². The van der Waals surface area contributed by atoms with Crippen molar-refractivity contribution in [1.82, 2.24) is 19.9 Å². The van der Waals surface area contributed by atoms with Gasteiger partial charge in [-0.3, -0.25) is 9.97 Å². The molecule has 0 aliphatic heterocycles. The largest absolute Gasteiger partial charge is 0.255 e. The van der Waals surface area contributed by atoms with Gasteiger partial charge in [0.15, 0.2) is 0 Å². The Kier molecular flexibility index (Phi) is 3.27. The molecule has 0 amide bonds. The zero-order valence-corrected chi connectivity index (χ0v) is 12.6. The molecule has 0 spiro atoms. The second-order valence-corrected chi connectivity index (χ2v) is 5.34. The second-order valence-electron chi connectivity index (χ2n) is 5.34. The van der Waals surface area contributed by atoms with Gasteiger partial charge in [-0.1, -0.05) is 18.2 Å². The first-order valence-electron chi connectivity index (χ1n) is 7.42. The Bertz CT molecular complexity index is 966. The maximum Gasteiger partial charge on any atom is 0.117 e. The van der Waals surface area contributed by atoms with Crippen molar-refractivity contribution in [3.05, 3.63) is 72.6 Å². The summed E-state index contributed by atoms with van der Waals surface area (Å²) in [6.07, 6.45) is 3.53. The van der Waals surface area contributed by atoms with Gasteiger partial charge in [0.25, 0.3) is 0 Å². The van der Waals surface area contributed by atoms with Crippen LogP contribution >= 0.6 is 0 Å². The molecule has 0 saturated heterocycles. The smallest absolute Gasteiger partial charge is 0.117 e. The summed E-state index contributed by atoms with van der Waals surface area (Å²) in [5, 5.41) is 0. The molecule has 4 rings (SSSR count). The molecule has 4 nitrogen and oxygen atoms in total. The van der Waals surface area contributed by atoms with Gasteiger partial charge >= 0.3 is 0 Å². The highest BCUT2D eigenvalue weighted by Crippen LogP contribution is 2.28. The van der Waals surface area contributed by atoms with Crippen LogP contribution in [0, 0.1) is 6.92 Å². The molecule has 3 heterocycles. The number of aromatic nitrogens is 4. The predicted molar refractivity (Wildman–Crippen MR) is 90.7 cm³/mol. The highest BCUT2D eigenvalue weighted by atomic mass is 14.9. The van der Waals surface area contributed by atoms with E-state index in [-0.39, 0.29) is 0 Å². The Morgan fingerprint density at radius 3 is 1.83 bits per heavy atom. The Morgan fingerprint density at radius 2 is 1.26 bits per heavy atom. The van der Waals surface area contributed by atoms with E-state index in [9.17, 15) is 0 Å². The van der Waals surface area contributed by atoms with E-state index in [2.05, 4.69) is 9.97 Å². The summed E-state index contributed by atoms with van der Waals surface area (Å²) in [6, 6.07) is 17.6. The Labute approximate surface area is 133 Å². The molecule has 4 heteroatoms. The summed E-state index contributed by atoms with van der Waals surface area (Å²) in [5.41, 5.74) is 5.97. The van der Waals surface area contributed by atoms with Crippen LogP contribution in [0.4, 0.5) is 0 Å². The molecular formula is C19H14N4. The number of pyridine rings is 2. The van der Waals surface area contributed by atoms with Gasteiger partial charge in [-0.25, -0.2) is 9.97 Å². The molecule has 0 unspecified atom stereocenters. The minimum atomic E-state index is 0.751. The first kappa shape index (κ1) is 13.5. The van der Waals surface area contributed by atoms with Crippen molar-refractivity contribution in [2.24, 2.45) is 0 Å². The van der Waals surface area contributed by atoms with Gasteiger partial charge in [-0.05, 0) is 48.9 Å². The molecule has 110 valence electrons. The van der Waals surface area contributed by atoms with E-state index in [1.807, 2.05) is 61.5 Å². The fourth-order valence-electron chi connectivity index (χ4n) is 2.53. The Hall–Kier alpha value is -3.14. The van der Waals surface area contributed by atoms with Gasteiger partial charge in [0.05, 0.1) is 22.4 Å². The molecule has 0 N–H and O–H groups in total. The molecule has 0 atom stereocenters. The Balaban J connectivity index is 2.04. The minimum absolute atomic E-state index is 0.751. The number of hydrogen-bond donors (Lipinski definition) is 0. The van der Waals surface area contributed by atoms with Gasteiger partial charge in [0.1, 0.15) is 11.4 Å². The molecule has 0 aliphatic rings. The van der Waals surface area contributed by atoms with E-state index >= 15 is 0 Å². The normalized spacial score (nSPS) is 10.8. The molecule has 0 radical (unpaired) electrons. The van der Waals surface area contributed by atoms with E-state index in [0.29, 0.717) is 0 Å². The van der Waals surface area contributed by atoms with Crippen LogP contribution in [0.2, 0.25) is 0 Å². The monoisotopic (exact) mass is 298 g/mol. The summed E-state index contributed by atoms with van der Waals surface area (Å²) in [4.78, 5) is 18.5. The average molecular weight is 298 g/mol. The first-order chi connectivity index (χ1) is 11.3. The van der Waals surface area contributed by atoms with E-state index < -0.39 is 0 Å². The summed E-state index contributed by atoms with van der Waals surface area (Å²) < 4.78 is 0. The van der Waals surface area contributed by atoms with Gasteiger partial charge < -0.3 is 0 Å². The number of benzene rings is 1. The lowest BCUT2D eigenvalue weighted by atomic mass is 10.1. The molecule has 0 bridgehead atoms. The SMILES string of the molecule is Cc1ccc2nc(-c3ccccn3)c(-c3ccccn3)nc2c1. The maximum absolute atomic E-state index is 4.82. The lowest BCUT2D eigenvalue weighted by Crippen LogP contribution is -1.98. The number of rotatable bonds is 2. The minimum Gasteiger partial charge on any atom is -0.255 e. The highest BCUT2D eigenvalue weighted by molar-refractivity contribution is 5.84. The third-order valence-electron chi connectivity index (χ3n) is 3.63. The van der Waals surface area contributed by atoms with Crippen molar-refractivity contribution < 1.29 is 0 Å². The lowest BCUT2D eigenvalue weighted by molar-refractivity contribution is 1.20. The maximum atomic E-state index is 4.82. The summed E-state index contributed by atoms with van der Waals surface area (Å²) >= 11 is 0. The first-order valence-corrected chi connectivity index (χ1v) is 7.42. The highest BCUT2D eigenvalue weighted by Gasteiger charge is 2.14. The number of nitrogens with zero attached hydrogens (tertiary/aromatic N) is 4. The molecule has 4 aromatic rings. The van der Waals surface area contributed by atoms with E-state index in [1.54, 1.807) is 12.4 Å². The molecule has 23 heavy (non-hydrogen) atoms. The van der Waals surface area contributed by atoms with Crippen molar-refractivity contribution in [3.63, 3.8) is 0 Å². The molecule has 3 aromatic heterocycles. The quantitative estimate of drug-likeness (QED) is 0.560. The second kappa shape index (κ2) is 5.57. The number of fused-ring (bicyclic) bond motifs is 1. The zero-order chi connectivity index (χ0) is 15.6. The van der Waals surface area contributed by atoms with Crippen LogP contribution in [0.15, 0.2) is 67.0 Å². The third-order valence-corrected chi connectivity index (χ3v) is 3.63. The van der Waals surface area contributed by atoms with Crippen LogP contribution in [0.25, 0.3) is 33.8 Å². The topological polar surface area (TPSA) is 51.6 Å². The lowest BCUT2D eigenvalue weighted by Gasteiger charge is -2.09. The van der Waals surface area contributed by atoms with Gasteiger partial charge in [0.2, 0.25) is 0 Å². The van der Waals surface area contributed by atoms with Crippen molar-refractivity contribution >= 4 is 11.0 Å². The van der Waals surface area contributed by atoms with Crippen LogP contribution in [-0.2, 0) is 0 Å². The van der Waals surface area contributed by atoms with Crippen LogP contribution in [-0.4, -0.2) is 19.9 Å². The van der Waals surface area contributed by atoms with Crippen molar-refractivity contribution in [2.45, 2.75) is 6.92 Å². The molecule has 0 fully saturated rings. The molecule has 1 aromatic carbocycles. The van der Waals surface area contributed by atoms with Crippen molar-refractivity contribution in [3.8, 4) is 22.8 Å². The van der Waals surface area contributed by atoms with Crippen molar-refractivity contribution in [2.75, 3.05) is 0 Å². The molecular weight excluding hydrogens is 284 g/mol. The summed E-state index contributed by atoms with van der Waals surface area (Å²) in [6.45, 7) is 2.05. The fraction of sp³-hybridized carbons (Fsp3) is 0.0526. The molecule has 0 aliphatic carbocycles. The molecule has 0 saturated carbocycles. The van der Waals surface area contributed by atoms with Gasteiger partial charge in [-0.2, -0.15) is 0 Å². The summed E-state index contributed by atoms with van der Waals surface area (Å²) in [5.74, 6) is 0. The van der Waals surface area contributed by atoms with Gasteiger partial charge in [0, 0.05) is 12.4 Å². The van der Waals surface area contributed by atoms with E-state index in [0.717, 1.165) is 39.4 Å². The number of hydrogen-bond acceptors (Lipinski definition) is 4. The third kappa shape index (κ3) is 2.55. The number of aryl methyl sites for hydroxylation is 1. The Morgan fingerprint density at radius 1 is 0.652 bits per heavy atom. The van der Waals surface area contributed by atoms with Crippen LogP contribution in [0.1, 0.15) is 5.56 Å². The van der Waals surface area contributed by atoms with Crippen LogP contribution in [0.5, 0.6) is 0 Å². The van der Waals surface area contributed by atoms with E-state index in [4.69, 9.17) is 9.97 Å². The standard InChI is InChI=1S/C19H14N4/c1-13-8-9-14-17(12-13)23-19(16-7-3-5-11-21-16)18(22-14)15-6-2-4-10-20-15/h2-12H,1H3. The summed E-state index contributed by atoms with van der Waals surface area (Å²) in [7, 11) is 0. The average Bonchev–Trinajstić information content (AvgIpc) is 2.62.